The predicted octanol–water partition coefficient (Wildman–Crippen LogP) is 11.4. The monoisotopic (exact) mass is 807 g/mol. The van der Waals surface area contributed by atoms with Crippen molar-refractivity contribution in [2.45, 2.75) is 64.6 Å². The Kier molecular flexibility index (Phi) is 18.4. The quantitative estimate of drug-likeness (QED) is 0.0306. The van der Waals surface area contributed by atoms with E-state index in [1.807, 2.05) is 48.5 Å². The second-order valence-corrected chi connectivity index (χ2v) is 14.1. The fourth-order valence-corrected chi connectivity index (χ4v) is 6.16. The molecule has 0 N–H and O–H groups in total. The molecule has 0 heterocycles. The van der Waals surface area contributed by atoms with Crippen LogP contribution in [-0.4, -0.2) is 38.4 Å². The molecule has 9 nitrogen and oxygen atoms in total. The summed E-state index contributed by atoms with van der Waals surface area (Å²) in [5.41, 5.74) is 6.81. The lowest BCUT2D eigenvalue weighted by molar-refractivity contribution is -0.138. The van der Waals surface area contributed by atoms with Crippen molar-refractivity contribution in [3.05, 3.63) is 157 Å². The van der Waals surface area contributed by atoms with Crippen molar-refractivity contribution in [3.63, 3.8) is 0 Å². The zero-order chi connectivity index (χ0) is 42.2. The lowest BCUT2D eigenvalue weighted by atomic mass is 10.0. The number of carbonyl (C=O) groups excluding carboxylic acids is 2. The summed E-state index contributed by atoms with van der Waals surface area (Å²) in [6, 6.07) is 40.0. The molecular weight excluding hydrogens is 755 g/mol. The van der Waals surface area contributed by atoms with E-state index >= 15 is 0 Å². The normalized spacial score (nSPS) is 10.5. The Bertz CT molecular complexity index is 2140. The SMILES string of the molecule is C=CC(=O)OCCCCCCOc1ccc(-c2ccc(COc3ccc(C#N)cc3OCc3ccc(-c4ccc(OCCCCCCOC(=O)C=C)cc4)cc3)cc2)cc1. The van der Waals surface area contributed by atoms with E-state index < -0.39 is 0 Å². The highest BCUT2D eigenvalue weighted by atomic mass is 16.5. The number of nitriles is 1. The van der Waals surface area contributed by atoms with Crippen LogP contribution in [0, 0.1) is 11.3 Å². The summed E-state index contributed by atoms with van der Waals surface area (Å²) in [7, 11) is 0. The molecule has 9 heteroatoms. The van der Waals surface area contributed by atoms with Gasteiger partial charge in [-0.1, -0.05) is 86.0 Å². The van der Waals surface area contributed by atoms with Crippen LogP contribution in [0.5, 0.6) is 23.0 Å². The summed E-state index contributed by atoms with van der Waals surface area (Å²) in [5, 5.41) is 9.56. The van der Waals surface area contributed by atoms with Crippen molar-refractivity contribution >= 4 is 11.9 Å². The highest BCUT2D eigenvalue weighted by molar-refractivity contribution is 5.81. The Labute approximate surface area is 353 Å². The molecule has 60 heavy (non-hydrogen) atoms. The molecule has 5 aromatic rings. The van der Waals surface area contributed by atoms with E-state index in [9.17, 15) is 14.9 Å². The van der Waals surface area contributed by atoms with Crippen molar-refractivity contribution in [2.24, 2.45) is 0 Å². The Hall–Kier alpha value is -6.79. The van der Waals surface area contributed by atoms with E-state index in [2.05, 4.69) is 67.8 Å². The van der Waals surface area contributed by atoms with Crippen LogP contribution in [0.3, 0.4) is 0 Å². The highest BCUT2D eigenvalue weighted by Gasteiger charge is 2.10. The van der Waals surface area contributed by atoms with Gasteiger partial charge in [0.2, 0.25) is 0 Å². The first-order valence-electron chi connectivity index (χ1n) is 20.5. The molecular formula is C51H53NO8. The average Bonchev–Trinajstić information content (AvgIpc) is 3.30. The molecule has 0 saturated carbocycles. The van der Waals surface area contributed by atoms with Gasteiger partial charge in [0.1, 0.15) is 24.7 Å². The van der Waals surface area contributed by atoms with Crippen LogP contribution in [-0.2, 0) is 32.3 Å². The number of carbonyl (C=O) groups is 2. The summed E-state index contributed by atoms with van der Waals surface area (Å²) in [6.07, 6.45) is 9.86. The molecule has 0 atom stereocenters. The standard InChI is InChI=1S/C51H53NO8/c1-3-50(53)57-33-11-7-5-9-31-55-46-26-22-44(23-27-46)42-18-13-39(14-19-42)37-59-48-30-17-41(36-52)35-49(48)60-38-40-15-20-43(21-16-40)45-24-28-47(29-25-45)56-32-10-6-8-12-34-58-51(54)4-2/h3-4,13-30,35H,1-2,5-12,31-34,37-38H2. The van der Waals surface area contributed by atoms with Crippen molar-refractivity contribution in [1.29, 1.82) is 5.26 Å². The van der Waals surface area contributed by atoms with Crippen molar-refractivity contribution in [1.82, 2.24) is 0 Å². The van der Waals surface area contributed by atoms with Gasteiger partial charge in [0.15, 0.2) is 11.5 Å². The molecule has 0 unspecified atom stereocenters. The van der Waals surface area contributed by atoms with Crippen LogP contribution in [0.1, 0.15) is 68.1 Å². The molecule has 0 radical (unpaired) electrons. The second-order valence-electron chi connectivity index (χ2n) is 14.1. The van der Waals surface area contributed by atoms with Gasteiger partial charge in [-0.05, 0) is 121 Å². The zero-order valence-electron chi connectivity index (χ0n) is 34.2. The van der Waals surface area contributed by atoms with Gasteiger partial charge in [-0.3, -0.25) is 0 Å². The lowest BCUT2D eigenvalue weighted by Gasteiger charge is -2.14. The van der Waals surface area contributed by atoms with Gasteiger partial charge >= 0.3 is 11.9 Å². The number of benzene rings is 5. The number of unbranched alkanes of at least 4 members (excludes halogenated alkanes) is 6. The van der Waals surface area contributed by atoms with Crippen LogP contribution in [0.4, 0.5) is 0 Å². The maximum atomic E-state index is 11.1. The van der Waals surface area contributed by atoms with Crippen LogP contribution < -0.4 is 18.9 Å². The number of nitrogens with zero attached hydrogens (tertiary/aromatic N) is 1. The average molecular weight is 808 g/mol. The Morgan fingerprint density at radius 2 is 0.850 bits per heavy atom. The third-order valence-corrected chi connectivity index (χ3v) is 9.58. The van der Waals surface area contributed by atoms with Gasteiger partial charge < -0.3 is 28.4 Å². The first-order chi connectivity index (χ1) is 29.4. The van der Waals surface area contributed by atoms with E-state index in [0.717, 1.165) is 96.2 Å². The van der Waals surface area contributed by atoms with Crippen LogP contribution in [0.15, 0.2) is 141 Å². The molecule has 0 amide bonds. The zero-order valence-corrected chi connectivity index (χ0v) is 34.2. The molecule has 0 aliphatic rings. The third-order valence-electron chi connectivity index (χ3n) is 9.58. The van der Waals surface area contributed by atoms with Crippen LogP contribution >= 0.6 is 0 Å². The van der Waals surface area contributed by atoms with Gasteiger partial charge in [0.25, 0.3) is 0 Å². The van der Waals surface area contributed by atoms with Gasteiger partial charge in [-0.15, -0.1) is 0 Å². The minimum atomic E-state index is -0.378. The first kappa shape index (κ1) is 44.3. The van der Waals surface area contributed by atoms with E-state index in [1.165, 1.54) is 12.2 Å². The van der Waals surface area contributed by atoms with Gasteiger partial charge in [-0.2, -0.15) is 5.26 Å². The molecule has 0 bridgehead atoms. The summed E-state index contributed by atoms with van der Waals surface area (Å²) < 4.78 is 34.2. The Morgan fingerprint density at radius 3 is 1.25 bits per heavy atom. The number of hydrogen-bond donors (Lipinski definition) is 0. The van der Waals surface area contributed by atoms with E-state index in [4.69, 9.17) is 28.4 Å². The molecule has 0 aromatic heterocycles. The maximum absolute atomic E-state index is 11.1. The molecule has 0 aliphatic carbocycles. The first-order valence-corrected chi connectivity index (χ1v) is 20.5. The Morgan fingerprint density at radius 1 is 0.467 bits per heavy atom. The summed E-state index contributed by atoms with van der Waals surface area (Å²) in [6.45, 7) is 9.56. The lowest BCUT2D eigenvalue weighted by Crippen LogP contribution is -2.02. The van der Waals surface area contributed by atoms with Gasteiger partial charge in [0, 0.05) is 18.2 Å². The fraction of sp³-hybridized carbons (Fsp3) is 0.275. The summed E-state index contributed by atoms with van der Waals surface area (Å²) >= 11 is 0. The van der Waals surface area contributed by atoms with Crippen LogP contribution in [0.25, 0.3) is 22.3 Å². The molecule has 5 aromatic carbocycles. The van der Waals surface area contributed by atoms with Crippen molar-refractivity contribution in [2.75, 3.05) is 26.4 Å². The van der Waals surface area contributed by atoms with E-state index in [-0.39, 0.29) is 11.9 Å². The van der Waals surface area contributed by atoms with Crippen molar-refractivity contribution < 1.29 is 38.0 Å². The van der Waals surface area contributed by atoms with Gasteiger partial charge in [-0.25, -0.2) is 9.59 Å². The molecule has 0 fully saturated rings. The van der Waals surface area contributed by atoms with Crippen LogP contribution in [0.2, 0.25) is 0 Å². The number of ether oxygens (including phenoxy) is 6. The van der Waals surface area contributed by atoms with E-state index in [1.54, 1.807) is 18.2 Å². The van der Waals surface area contributed by atoms with Gasteiger partial charge in [0.05, 0.1) is 38.1 Å². The third kappa shape index (κ3) is 15.2. The molecule has 310 valence electrons. The smallest absolute Gasteiger partial charge is 0.330 e. The summed E-state index contributed by atoms with van der Waals surface area (Å²) in [5.74, 6) is 1.98. The largest absolute Gasteiger partial charge is 0.494 e. The number of rotatable bonds is 26. The fourth-order valence-electron chi connectivity index (χ4n) is 6.16. The molecule has 0 aliphatic heterocycles. The topological polar surface area (TPSA) is 113 Å². The molecule has 0 saturated heterocycles. The molecule has 0 spiro atoms. The Balaban J connectivity index is 1.04. The summed E-state index contributed by atoms with van der Waals surface area (Å²) in [4.78, 5) is 22.2. The maximum Gasteiger partial charge on any atom is 0.330 e. The minimum absolute atomic E-state index is 0.313. The van der Waals surface area contributed by atoms with Crippen molar-refractivity contribution in [3.8, 4) is 51.3 Å². The second kappa shape index (κ2) is 24.9. The number of hydrogen-bond acceptors (Lipinski definition) is 9. The minimum Gasteiger partial charge on any atom is -0.494 e. The van der Waals surface area contributed by atoms with E-state index in [0.29, 0.717) is 56.7 Å². The molecule has 5 rings (SSSR count). The number of esters is 2. The predicted molar refractivity (Wildman–Crippen MR) is 234 cm³/mol. The highest BCUT2D eigenvalue weighted by Crippen LogP contribution is 2.31.